The van der Waals surface area contributed by atoms with Gasteiger partial charge in [-0.05, 0) is 5.56 Å². The topological polar surface area (TPSA) is 59.4 Å². The summed E-state index contributed by atoms with van der Waals surface area (Å²) in [6.45, 7) is 0. The number of esters is 1. The molecule has 94 valence electrons. The highest BCUT2D eigenvalue weighted by Crippen LogP contribution is 2.34. The predicted octanol–water partition coefficient (Wildman–Crippen LogP) is 2.18. The molecule has 17 heavy (non-hydrogen) atoms. The van der Waals surface area contributed by atoms with Gasteiger partial charge in [0.1, 0.15) is 5.75 Å². The van der Waals surface area contributed by atoms with E-state index in [1.807, 2.05) is 0 Å². The van der Waals surface area contributed by atoms with E-state index in [9.17, 15) is 18.7 Å². The minimum atomic E-state index is -2.92. The molecule has 0 atom stereocenters. The third kappa shape index (κ3) is 3.03. The average Bonchev–Trinajstić information content (AvgIpc) is 2.28. The quantitative estimate of drug-likeness (QED) is 0.670. The van der Waals surface area contributed by atoms with E-state index in [1.54, 1.807) is 0 Å². The van der Waals surface area contributed by atoms with Gasteiger partial charge >= 0.3 is 5.97 Å². The minimum absolute atomic E-state index is 0.0458. The standard InChI is InChI=1S/C10H10ClF2NO3/c1-17-7(15)2-5-4-14-6(3-11)9(16)8(5)10(12)13/h4,10,16H,2-3H2,1H3. The Morgan fingerprint density at radius 3 is 2.76 bits per heavy atom. The van der Waals surface area contributed by atoms with Crippen molar-refractivity contribution >= 4 is 17.6 Å². The van der Waals surface area contributed by atoms with Gasteiger partial charge in [0, 0.05) is 6.20 Å². The van der Waals surface area contributed by atoms with Crippen LogP contribution in [-0.4, -0.2) is 23.2 Å². The van der Waals surface area contributed by atoms with E-state index in [4.69, 9.17) is 11.6 Å². The molecule has 7 heteroatoms. The van der Waals surface area contributed by atoms with Crippen LogP contribution in [0.2, 0.25) is 0 Å². The van der Waals surface area contributed by atoms with E-state index in [1.165, 1.54) is 0 Å². The molecule has 1 N–H and O–H groups in total. The van der Waals surface area contributed by atoms with Gasteiger partial charge in [-0.3, -0.25) is 9.78 Å². The van der Waals surface area contributed by atoms with Crippen molar-refractivity contribution in [2.45, 2.75) is 18.7 Å². The molecule has 0 unspecified atom stereocenters. The van der Waals surface area contributed by atoms with Gasteiger partial charge in [-0.15, -0.1) is 11.6 Å². The van der Waals surface area contributed by atoms with Gasteiger partial charge in [0.25, 0.3) is 6.43 Å². The van der Waals surface area contributed by atoms with Crippen LogP contribution < -0.4 is 0 Å². The fourth-order valence-corrected chi connectivity index (χ4v) is 1.50. The molecule has 0 aliphatic rings. The van der Waals surface area contributed by atoms with Crippen LogP contribution in [0.25, 0.3) is 0 Å². The fourth-order valence-electron chi connectivity index (χ4n) is 1.30. The number of methoxy groups -OCH3 is 1. The summed E-state index contributed by atoms with van der Waals surface area (Å²) in [5, 5.41) is 9.55. The summed E-state index contributed by atoms with van der Waals surface area (Å²) in [7, 11) is 1.14. The lowest BCUT2D eigenvalue weighted by Gasteiger charge is -2.11. The van der Waals surface area contributed by atoms with Gasteiger partial charge in [-0.2, -0.15) is 0 Å². The summed E-state index contributed by atoms with van der Waals surface area (Å²) in [6.07, 6.45) is -2.20. The maximum Gasteiger partial charge on any atom is 0.310 e. The Hall–Kier alpha value is -1.43. The van der Waals surface area contributed by atoms with Gasteiger partial charge in [-0.1, -0.05) is 0 Å². The lowest BCUT2D eigenvalue weighted by Crippen LogP contribution is -2.09. The largest absolute Gasteiger partial charge is 0.505 e. The lowest BCUT2D eigenvalue weighted by atomic mass is 10.1. The zero-order valence-electron chi connectivity index (χ0n) is 8.91. The molecule has 1 aromatic rings. The molecule has 0 saturated carbocycles. The maximum absolute atomic E-state index is 12.8. The summed E-state index contributed by atoms with van der Waals surface area (Å²) >= 11 is 5.44. The number of ether oxygens (including phenoxy) is 1. The van der Waals surface area contributed by atoms with E-state index < -0.39 is 23.7 Å². The van der Waals surface area contributed by atoms with Crippen molar-refractivity contribution in [3.05, 3.63) is 23.0 Å². The first-order chi connectivity index (χ1) is 8.01. The molecular formula is C10H10ClF2NO3. The highest BCUT2D eigenvalue weighted by molar-refractivity contribution is 6.17. The molecule has 4 nitrogen and oxygen atoms in total. The van der Waals surface area contributed by atoms with Gasteiger partial charge in [0.05, 0.1) is 30.7 Å². The summed E-state index contributed by atoms with van der Waals surface area (Å²) < 4.78 is 29.9. The molecule has 0 aromatic carbocycles. The Bertz CT molecular complexity index is 426. The number of carbonyl (C=O) groups excluding carboxylic acids is 1. The van der Waals surface area contributed by atoms with E-state index >= 15 is 0 Å². The second-order valence-electron chi connectivity index (χ2n) is 3.18. The Morgan fingerprint density at radius 2 is 2.29 bits per heavy atom. The van der Waals surface area contributed by atoms with Gasteiger partial charge < -0.3 is 9.84 Å². The number of alkyl halides is 3. The number of nitrogens with zero attached hydrogens (tertiary/aromatic N) is 1. The number of halogens is 3. The molecule has 0 fully saturated rings. The van der Waals surface area contributed by atoms with Crippen LogP contribution >= 0.6 is 11.6 Å². The minimum Gasteiger partial charge on any atom is -0.505 e. The van der Waals surface area contributed by atoms with Crippen molar-refractivity contribution in [1.82, 2.24) is 4.98 Å². The van der Waals surface area contributed by atoms with Crippen LogP contribution in [0.15, 0.2) is 6.20 Å². The van der Waals surface area contributed by atoms with Crippen molar-refractivity contribution in [3.63, 3.8) is 0 Å². The molecule has 0 aliphatic carbocycles. The average molecular weight is 266 g/mol. The number of aromatic nitrogens is 1. The summed E-state index contributed by atoms with van der Waals surface area (Å²) in [4.78, 5) is 14.7. The Morgan fingerprint density at radius 1 is 1.65 bits per heavy atom. The molecule has 0 amide bonds. The number of pyridine rings is 1. The third-order valence-electron chi connectivity index (χ3n) is 2.16. The van der Waals surface area contributed by atoms with E-state index in [0.717, 1.165) is 13.3 Å². The second-order valence-corrected chi connectivity index (χ2v) is 3.45. The Balaban J connectivity index is 3.21. The van der Waals surface area contributed by atoms with Crippen LogP contribution in [0.1, 0.15) is 23.2 Å². The molecule has 0 saturated heterocycles. The van der Waals surface area contributed by atoms with Crippen LogP contribution in [0.5, 0.6) is 5.75 Å². The third-order valence-corrected chi connectivity index (χ3v) is 2.41. The zero-order valence-corrected chi connectivity index (χ0v) is 9.67. The number of aromatic hydroxyl groups is 1. The SMILES string of the molecule is COC(=O)Cc1cnc(CCl)c(O)c1C(F)F. The highest BCUT2D eigenvalue weighted by Gasteiger charge is 2.22. The van der Waals surface area contributed by atoms with E-state index in [0.29, 0.717) is 0 Å². The number of hydrogen-bond donors (Lipinski definition) is 1. The monoisotopic (exact) mass is 265 g/mol. The first-order valence-electron chi connectivity index (χ1n) is 4.61. The number of carbonyl (C=O) groups is 1. The van der Waals surface area contributed by atoms with Crippen molar-refractivity contribution in [1.29, 1.82) is 0 Å². The molecule has 0 bridgehead atoms. The fraction of sp³-hybridized carbons (Fsp3) is 0.400. The van der Waals surface area contributed by atoms with E-state index in [2.05, 4.69) is 9.72 Å². The van der Waals surface area contributed by atoms with Crippen molar-refractivity contribution in [2.75, 3.05) is 7.11 Å². The van der Waals surface area contributed by atoms with Crippen LogP contribution in [0, 0.1) is 0 Å². The first kappa shape index (κ1) is 13.6. The number of hydrogen-bond acceptors (Lipinski definition) is 4. The second kappa shape index (κ2) is 5.77. The smallest absolute Gasteiger partial charge is 0.310 e. The van der Waals surface area contributed by atoms with Crippen molar-refractivity contribution in [3.8, 4) is 5.75 Å². The molecule has 0 radical (unpaired) electrons. The summed E-state index contributed by atoms with van der Waals surface area (Å²) in [5.41, 5.74) is -0.741. The molecule has 1 heterocycles. The van der Waals surface area contributed by atoms with Crippen LogP contribution in [-0.2, 0) is 21.8 Å². The predicted molar refractivity (Wildman–Crippen MR) is 56.1 cm³/mol. The molecule has 0 aliphatic heterocycles. The first-order valence-corrected chi connectivity index (χ1v) is 5.15. The normalized spacial score (nSPS) is 10.6. The Labute approximate surface area is 101 Å². The van der Waals surface area contributed by atoms with Gasteiger partial charge in [0.15, 0.2) is 0 Å². The lowest BCUT2D eigenvalue weighted by molar-refractivity contribution is -0.139. The van der Waals surface area contributed by atoms with Crippen molar-refractivity contribution in [2.24, 2.45) is 0 Å². The molecular weight excluding hydrogens is 256 g/mol. The Kier molecular flexibility index (Phi) is 4.62. The maximum atomic E-state index is 12.8. The molecule has 0 spiro atoms. The van der Waals surface area contributed by atoms with Gasteiger partial charge in [0.2, 0.25) is 0 Å². The van der Waals surface area contributed by atoms with Crippen LogP contribution in [0.4, 0.5) is 8.78 Å². The van der Waals surface area contributed by atoms with Crippen molar-refractivity contribution < 1.29 is 23.4 Å². The molecule has 1 aromatic heterocycles. The van der Waals surface area contributed by atoms with Crippen LogP contribution in [0.3, 0.4) is 0 Å². The van der Waals surface area contributed by atoms with E-state index in [-0.39, 0.29) is 23.6 Å². The highest BCUT2D eigenvalue weighted by atomic mass is 35.5. The summed E-state index contributed by atoms with van der Waals surface area (Å²) in [5.74, 6) is -1.55. The molecule has 1 rings (SSSR count). The number of rotatable bonds is 4. The zero-order chi connectivity index (χ0) is 13.0. The van der Waals surface area contributed by atoms with Gasteiger partial charge in [-0.25, -0.2) is 8.78 Å². The summed E-state index contributed by atoms with van der Waals surface area (Å²) in [6, 6.07) is 0.